The first-order valence-corrected chi connectivity index (χ1v) is 45.6. The number of rotatable bonds is 15. The number of ether oxygens (including phenoxy) is 5. The first-order valence-electron chi connectivity index (χ1n) is 42.6. The lowest BCUT2D eigenvalue weighted by Crippen LogP contribution is -2.49. The van der Waals surface area contributed by atoms with E-state index in [1.165, 1.54) is 52.0 Å². The number of nitrogens with zero attached hydrogens (tertiary/aromatic N) is 7. The summed E-state index contributed by atoms with van der Waals surface area (Å²) in [5.74, 6) is -8.19. The van der Waals surface area contributed by atoms with Crippen molar-refractivity contribution in [3.63, 3.8) is 0 Å². The van der Waals surface area contributed by atoms with Crippen LogP contribution in [0.4, 0.5) is 17.6 Å². The van der Waals surface area contributed by atoms with Gasteiger partial charge in [0.05, 0.1) is 111 Å². The van der Waals surface area contributed by atoms with Crippen molar-refractivity contribution >= 4 is 89.0 Å². The van der Waals surface area contributed by atoms with Gasteiger partial charge in [-0.2, -0.15) is 15.2 Å². The molecule has 12 aliphatic rings. The fraction of sp³-hybridized carbons (Fsp3) is 0.709. The first kappa shape index (κ1) is 86.3. The zero-order valence-corrected chi connectivity index (χ0v) is 71.0. The Hall–Kier alpha value is -8.61. The Morgan fingerprint density at radius 1 is 0.567 bits per heavy atom. The quantitative estimate of drug-likeness (QED) is 0.0825. The molecule has 6 heterocycles. The Morgan fingerprint density at radius 3 is 1.35 bits per heavy atom. The van der Waals surface area contributed by atoms with E-state index in [9.17, 15) is 87.6 Å². The predicted octanol–water partition coefficient (Wildman–Crippen LogP) is 10.2. The normalized spacial score (nSPS) is 32.7. The minimum Gasteiger partial charge on any atom is -0.497 e. The van der Waals surface area contributed by atoms with E-state index in [1.807, 2.05) is 30.2 Å². The largest absolute Gasteiger partial charge is 0.497 e. The smallest absolute Gasteiger partial charge is 0.306 e. The molecule has 34 heteroatoms. The number of sulfonamides is 2. The zero-order valence-electron chi connectivity index (χ0n) is 69.4. The third-order valence-electron chi connectivity index (χ3n) is 28.9. The lowest BCUT2D eigenvalue weighted by atomic mass is 9.77. The molecule has 28 nitrogen and oxygen atoms in total. The van der Waals surface area contributed by atoms with E-state index in [0.717, 1.165) is 64.2 Å². The number of amides is 4. The summed E-state index contributed by atoms with van der Waals surface area (Å²) in [6, 6.07) is 8.82. The van der Waals surface area contributed by atoms with Crippen LogP contribution in [0.1, 0.15) is 215 Å². The van der Waals surface area contributed by atoms with Crippen molar-refractivity contribution < 1.29 is 96.4 Å². The monoisotopic (exact) mass is 1710 g/mol. The van der Waals surface area contributed by atoms with E-state index in [4.69, 9.17) is 28.7 Å². The first-order chi connectivity index (χ1) is 56.5. The number of carbonyl (C=O) groups excluding carboxylic acids is 8. The summed E-state index contributed by atoms with van der Waals surface area (Å²) in [5.41, 5.74) is -5.55. The Labute approximate surface area is 694 Å². The number of methoxy groups -OCH3 is 1. The number of aromatic nitrogens is 4. The highest BCUT2D eigenvalue weighted by atomic mass is 32.2. The molecule has 0 spiro atoms. The van der Waals surface area contributed by atoms with Gasteiger partial charge in [0, 0.05) is 56.7 Å². The molecule has 18 atom stereocenters. The summed E-state index contributed by atoms with van der Waals surface area (Å²) in [6.45, 7) is 13.9. The van der Waals surface area contributed by atoms with Crippen molar-refractivity contribution in [2.45, 2.75) is 281 Å². The van der Waals surface area contributed by atoms with E-state index in [-0.39, 0.29) is 110 Å². The molecule has 0 unspecified atom stereocenters. The van der Waals surface area contributed by atoms with Gasteiger partial charge < -0.3 is 33.5 Å². The highest BCUT2D eigenvalue weighted by molar-refractivity contribution is 7.92. The molecule has 8 aliphatic carbocycles. The second kappa shape index (κ2) is 31.9. The Morgan fingerprint density at radius 2 is 0.975 bits per heavy atom. The molecule has 10 fully saturated rings. The summed E-state index contributed by atoms with van der Waals surface area (Å²) in [5, 5.41) is 10.2. The van der Waals surface area contributed by atoms with Crippen LogP contribution in [0.25, 0.3) is 21.8 Å². The number of alkyl halides is 4. The number of ketones is 2. The highest BCUT2D eigenvalue weighted by Gasteiger charge is 2.69. The molecule has 2 saturated heterocycles. The summed E-state index contributed by atoms with van der Waals surface area (Å²) in [4.78, 5) is 154. The van der Waals surface area contributed by atoms with Crippen molar-refractivity contribution in [2.75, 3.05) is 20.2 Å². The second-order valence-electron chi connectivity index (χ2n) is 39.2. The molecule has 4 aromatic rings. The Balaban J connectivity index is 0.000000187. The lowest BCUT2D eigenvalue weighted by molar-refractivity contribution is -0.158. The number of hydrogen-bond acceptors (Lipinski definition) is 22. The molecule has 2 aromatic heterocycles. The van der Waals surface area contributed by atoms with Crippen LogP contribution in [0.5, 0.6) is 17.8 Å². The fourth-order valence-electron chi connectivity index (χ4n) is 20.2. The van der Waals surface area contributed by atoms with Crippen LogP contribution < -0.4 is 34.8 Å². The van der Waals surface area contributed by atoms with Gasteiger partial charge >= 0.3 is 11.9 Å². The van der Waals surface area contributed by atoms with Gasteiger partial charge in [-0.25, -0.2) is 34.4 Å². The van der Waals surface area contributed by atoms with Gasteiger partial charge in [-0.1, -0.05) is 67.2 Å². The number of carbonyl (C=O) groups is 8. The molecule has 4 amide bonds. The average Bonchev–Trinajstić information content (AvgIpc) is 1.57. The number of benzene rings is 2. The molecule has 652 valence electrons. The van der Waals surface area contributed by atoms with Crippen LogP contribution in [0, 0.1) is 92.2 Å². The number of nitriles is 1. The topological polar surface area (TPSA) is 375 Å². The zero-order chi connectivity index (χ0) is 86.2. The number of fused-ring (bicyclic) bond motifs is 14. The van der Waals surface area contributed by atoms with Gasteiger partial charge in [-0.05, 0) is 180 Å². The highest BCUT2D eigenvalue weighted by Crippen LogP contribution is 2.63. The number of halogens is 4. The van der Waals surface area contributed by atoms with E-state index in [1.54, 1.807) is 45.0 Å². The molecule has 2 N–H and O–H groups in total. The maximum absolute atomic E-state index is 14.9. The molecule has 4 bridgehead atoms. The minimum atomic E-state index is -4.22. The maximum atomic E-state index is 14.9. The molecule has 0 radical (unpaired) electrons. The van der Waals surface area contributed by atoms with Crippen LogP contribution in [-0.2, 0) is 81.0 Å². The molecule has 4 aliphatic heterocycles. The van der Waals surface area contributed by atoms with E-state index >= 15 is 0 Å². The van der Waals surface area contributed by atoms with Crippen LogP contribution >= 0.6 is 0 Å². The van der Waals surface area contributed by atoms with Gasteiger partial charge in [-0.3, -0.25) is 66.5 Å². The van der Waals surface area contributed by atoms with Crippen LogP contribution in [0.3, 0.4) is 0 Å². The molecular formula is C86H109F4N9O19S2. The maximum Gasteiger partial charge on any atom is 0.306 e. The predicted molar refractivity (Wildman–Crippen MR) is 425 cm³/mol. The third-order valence-corrected chi connectivity index (χ3v) is 33.2. The minimum absolute atomic E-state index is 0.0189. The van der Waals surface area contributed by atoms with Crippen molar-refractivity contribution in [1.29, 1.82) is 5.26 Å². The fourth-order valence-corrected chi connectivity index (χ4v) is 22.9. The number of hydrogen-bond donors (Lipinski definition) is 2. The Kier molecular flexibility index (Phi) is 23.0. The van der Waals surface area contributed by atoms with Gasteiger partial charge in [-0.15, -0.1) is 0 Å². The van der Waals surface area contributed by atoms with Crippen molar-refractivity contribution in [1.82, 2.24) is 38.3 Å². The van der Waals surface area contributed by atoms with E-state index in [0.29, 0.717) is 78.8 Å². The second-order valence-corrected chi connectivity index (χ2v) is 43.6. The summed E-state index contributed by atoms with van der Waals surface area (Å²) >= 11 is 0. The number of esters is 2. The summed E-state index contributed by atoms with van der Waals surface area (Å²) in [7, 11) is -6.94. The molecular weight excluding hydrogens is 1600 g/mol. The molecule has 8 saturated carbocycles. The van der Waals surface area contributed by atoms with Gasteiger partial charge in [0.2, 0.25) is 56.5 Å². The molecule has 16 rings (SSSR count). The van der Waals surface area contributed by atoms with Crippen molar-refractivity contribution in [3.05, 3.63) is 62.7 Å². The molecule has 120 heavy (non-hydrogen) atoms. The van der Waals surface area contributed by atoms with E-state index in [2.05, 4.69) is 11.1 Å². The van der Waals surface area contributed by atoms with Crippen molar-refractivity contribution in [3.8, 4) is 23.8 Å². The standard InChI is InChI=1S/C43H53F2N5O9S.C43H56F2N4O10S/c1-41(2,3)29-18-35(52)59-34-16-24-15-28(24)26(34)8-6-5-7-13-49-37(53)27-10-9-23(21-46)14-31(27)47-40(49)58-25-17-32(50(22-25)38(29)54)33(51)20-43(19-30(43)36(44)45)39(55)48-60(56,57)42(4)11-12-42;1-41(2,3)29-19-35(51)59-34-16-23-15-28(23)26(34)9-7-6-8-14-48-37(52)27-11-10-24(57-5)17-31(27)46-40(48)58-25-18-32(49(22-25)38(29)53)33(50)21-43(20-30(43)36(44)45)39(54)47-60(55,56)42(4)12-13-42/h9-10,14,24-26,28-30,32,34,36H,5-8,11-13,15-20,22H2,1-4H3,(H,48,55);10-11,17,23,25-26,28-30,32,34,36H,6-9,12-16,18-22H2,1-5H3,(H,47,54)/t24-,25+,26+,28-,29+,30-,32-,34+,43+;23-,25+,26+,28-,29+,30-,32-,34+,43+/m00/s1. The summed E-state index contributed by atoms with van der Waals surface area (Å²) in [6.07, 6.45) is -0.457. The van der Waals surface area contributed by atoms with Crippen LogP contribution in [0.2, 0.25) is 0 Å². The van der Waals surface area contributed by atoms with Crippen LogP contribution in [-0.4, -0.2) is 172 Å². The lowest BCUT2D eigenvalue weighted by Gasteiger charge is -2.35. The van der Waals surface area contributed by atoms with E-state index < -0.39 is 190 Å². The average molecular weight is 1710 g/mol. The SMILES string of the molecule is CC(C)(C)[C@@H]1CC(=O)O[C@@H]2C[C@@H]3C[C@@H]3[C@H]2CCCCCn2c(nc3cc(C#N)ccc3c2=O)O[C@@H]2C[C@@H](C(=O)C[C@]3(C(=O)NS(=O)(=O)C4(C)CC4)C[C@H]3C(F)F)N(C2)C1=O.COc1ccc2c(=O)n3c(nc2c1)O[C@@H]1C[C@@H](C(=O)C[C@]2(C(=O)NS(=O)(=O)C4(C)CC4)C[C@H]2C(F)F)N(C1)C(=O)[C@H](C(C)(C)C)CC(=O)O[C@@H]1C[C@@H]2C[C@@H]2[C@H]1CCCCC3. The Bertz CT molecular complexity index is 5230. The van der Waals surface area contributed by atoms with Gasteiger partial charge in [0.25, 0.3) is 23.1 Å². The van der Waals surface area contributed by atoms with Gasteiger partial charge in [0.15, 0.2) is 11.6 Å². The molecule has 2 aromatic carbocycles. The number of Topliss-reactive ketones (excluding diaryl/α,β-unsaturated/α-hetero) is 2. The third kappa shape index (κ3) is 16.9. The van der Waals surface area contributed by atoms with Gasteiger partial charge in [0.1, 0.15) is 30.2 Å². The van der Waals surface area contributed by atoms with Crippen LogP contribution in [0.15, 0.2) is 46.0 Å². The summed E-state index contributed by atoms with van der Waals surface area (Å²) < 4.78 is 145. The number of nitrogens with one attached hydrogen (secondary N) is 2. The van der Waals surface area contributed by atoms with Crippen molar-refractivity contribution in [2.24, 2.45) is 80.8 Å².